The fourth-order valence-electron chi connectivity index (χ4n) is 0. The molecule has 0 amide bonds. The number of carbonyl (C=O) groups excluding carboxylic acids is 1. The van der Waals surface area contributed by atoms with Gasteiger partial charge in [-0.05, 0) is 6.92 Å². The molecular weight excluding hydrogens is 398 g/mol. The maximum atomic E-state index is 8.89. The Morgan fingerprint density at radius 2 is 1.30 bits per heavy atom. The van der Waals surface area contributed by atoms with E-state index in [0.717, 1.165) is 6.92 Å². The standard InChI is InChI=1S/C2H4O2.2Ce.NO3/c1-2(3)4;;;2-1(3)4/h1H3,(H,3,4);;;/q;;;-1/p-1. The van der Waals surface area contributed by atoms with Crippen LogP contribution < -0.4 is 5.11 Å². The summed E-state index contributed by atoms with van der Waals surface area (Å²) in [6.07, 6.45) is 0. The van der Waals surface area contributed by atoms with Gasteiger partial charge < -0.3 is 25.2 Å². The minimum absolute atomic E-state index is 0. The normalized spacial score (nSPS) is 4.90. The molecule has 0 atom stereocenters. The summed E-state index contributed by atoms with van der Waals surface area (Å²) in [5.41, 5.74) is 0. The van der Waals surface area contributed by atoms with Gasteiger partial charge in [0.1, 0.15) is 0 Å². The molecule has 0 aliphatic heterocycles. The van der Waals surface area contributed by atoms with Crippen LogP contribution in [0.5, 0.6) is 0 Å². The molecular formula is C2H3Ce2NO5-2. The van der Waals surface area contributed by atoms with Crippen molar-refractivity contribution in [3.8, 4) is 0 Å². The number of hydrogen-bond donors (Lipinski definition) is 0. The predicted octanol–water partition coefficient (Wildman–Crippen LogP) is -1.48. The van der Waals surface area contributed by atoms with Crippen molar-refractivity contribution in [1.29, 1.82) is 0 Å². The Labute approximate surface area is 124 Å². The molecule has 0 aromatic carbocycles. The molecule has 0 heterocycles. The minimum atomic E-state index is -1.75. The largest absolute Gasteiger partial charge is 0.550 e. The van der Waals surface area contributed by atoms with Crippen LogP contribution in [0.15, 0.2) is 0 Å². The van der Waals surface area contributed by atoms with Crippen molar-refractivity contribution < 1.29 is 98.5 Å². The molecule has 0 spiro atoms. The Bertz CT molecular complexity index is 75.6. The molecule has 0 radical (unpaired) electrons. The summed E-state index contributed by atoms with van der Waals surface area (Å²) < 4.78 is 0. The Kier molecular flexibility index (Phi) is 37.8. The first-order chi connectivity index (χ1) is 3.46. The van der Waals surface area contributed by atoms with E-state index in [9.17, 15) is 0 Å². The third-order valence-corrected chi connectivity index (χ3v) is 0. The molecule has 0 bridgehead atoms. The maximum Gasteiger partial charge on any atom is 0.0689 e. The van der Waals surface area contributed by atoms with Crippen LogP contribution in [-0.4, -0.2) is 11.1 Å². The van der Waals surface area contributed by atoms with Crippen LogP contribution in [0.4, 0.5) is 0 Å². The number of rotatable bonds is 0. The number of carbonyl (C=O) groups is 1. The second kappa shape index (κ2) is 16.8. The summed E-state index contributed by atoms with van der Waals surface area (Å²) >= 11 is 0. The summed E-state index contributed by atoms with van der Waals surface area (Å²) in [4.78, 5) is 17.1. The van der Waals surface area contributed by atoms with E-state index in [4.69, 9.17) is 25.2 Å². The van der Waals surface area contributed by atoms with Gasteiger partial charge in [-0.1, -0.05) is 0 Å². The van der Waals surface area contributed by atoms with Gasteiger partial charge in [0.2, 0.25) is 0 Å². The molecule has 0 saturated carbocycles. The monoisotopic (exact) mass is 401 g/mol. The third kappa shape index (κ3) is 330. The quantitative estimate of drug-likeness (QED) is 0.364. The first kappa shape index (κ1) is 22.5. The van der Waals surface area contributed by atoms with Gasteiger partial charge in [-0.3, -0.25) is 0 Å². The molecule has 8 heteroatoms. The van der Waals surface area contributed by atoms with Gasteiger partial charge in [0.15, 0.2) is 0 Å². The van der Waals surface area contributed by atoms with E-state index in [2.05, 4.69) is 0 Å². The molecule has 0 unspecified atom stereocenters. The zero-order valence-electron chi connectivity index (χ0n) is 4.99. The van der Waals surface area contributed by atoms with Crippen molar-refractivity contribution in [2.24, 2.45) is 0 Å². The summed E-state index contributed by atoms with van der Waals surface area (Å²) in [6, 6.07) is 0. The molecule has 0 aromatic rings. The minimum Gasteiger partial charge on any atom is -0.550 e. The van der Waals surface area contributed by atoms with Gasteiger partial charge in [0, 0.05) is 89.5 Å². The van der Waals surface area contributed by atoms with E-state index >= 15 is 0 Å². The number of nitrogens with zero attached hydrogens (tertiary/aromatic N) is 1. The van der Waals surface area contributed by atoms with Gasteiger partial charge in [-0.25, -0.2) is 0 Å². The molecule has 0 N–H and O–H groups in total. The van der Waals surface area contributed by atoms with E-state index in [0.29, 0.717) is 0 Å². The second-order valence-corrected chi connectivity index (χ2v) is 0.715. The summed E-state index contributed by atoms with van der Waals surface area (Å²) in [5.74, 6) is -1.08. The molecule has 6 nitrogen and oxygen atoms in total. The van der Waals surface area contributed by atoms with Gasteiger partial charge >= 0.3 is 0 Å². The average Bonchev–Trinajstić information content (AvgIpc) is 1.25. The first-order valence-electron chi connectivity index (χ1n) is 1.46. The van der Waals surface area contributed by atoms with Crippen LogP contribution in [0, 0.1) is 98.8 Å². The van der Waals surface area contributed by atoms with Crippen molar-refractivity contribution in [3.63, 3.8) is 0 Å². The Morgan fingerprint density at radius 1 is 1.30 bits per heavy atom. The van der Waals surface area contributed by atoms with Gasteiger partial charge in [-0.15, -0.1) is 0 Å². The Balaban J connectivity index is -0.0000000300. The van der Waals surface area contributed by atoms with Crippen LogP contribution in [0.1, 0.15) is 6.92 Å². The molecule has 10 heavy (non-hydrogen) atoms. The van der Waals surface area contributed by atoms with E-state index in [-0.39, 0.29) is 83.5 Å². The van der Waals surface area contributed by atoms with Crippen molar-refractivity contribution in [1.82, 2.24) is 0 Å². The van der Waals surface area contributed by atoms with Crippen molar-refractivity contribution in [3.05, 3.63) is 15.3 Å². The maximum absolute atomic E-state index is 8.89. The number of hydrogen-bond acceptors (Lipinski definition) is 5. The average molecular weight is 401 g/mol. The van der Waals surface area contributed by atoms with E-state index in [1.54, 1.807) is 0 Å². The first-order valence-corrected chi connectivity index (χ1v) is 1.46. The summed E-state index contributed by atoms with van der Waals surface area (Å²) in [7, 11) is 0. The number of carboxylic acids is 1. The SMILES string of the molecule is CC(=O)[O-].O=[N+]([O-])[O-].[Ce].[Ce]. The Hall–Kier alpha value is 1.42. The fraction of sp³-hybridized carbons (Fsp3) is 0.500. The summed E-state index contributed by atoms with van der Waals surface area (Å²) in [5, 5.41) is 23.6. The summed E-state index contributed by atoms with van der Waals surface area (Å²) in [6.45, 7) is 0.972. The van der Waals surface area contributed by atoms with Crippen LogP contribution in [0.2, 0.25) is 0 Å². The van der Waals surface area contributed by atoms with Crippen LogP contribution >= 0.6 is 0 Å². The van der Waals surface area contributed by atoms with Gasteiger partial charge in [0.25, 0.3) is 0 Å². The second-order valence-electron chi connectivity index (χ2n) is 0.715. The van der Waals surface area contributed by atoms with Crippen LogP contribution in [0.25, 0.3) is 0 Å². The number of aliphatic carboxylic acids is 1. The zero-order chi connectivity index (χ0) is 7.15. The molecule has 0 fully saturated rings. The van der Waals surface area contributed by atoms with Gasteiger partial charge in [-0.2, -0.15) is 0 Å². The molecule has 0 aromatic heterocycles. The topological polar surface area (TPSA) is 106 Å². The zero-order valence-corrected chi connectivity index (χ0v) is 11.3. The smallest absolute Gasteiger partial charge is 0.0689 e. The van der Waals surface area contributed by atoms with Crippen LogP contribution in [0.3, 0.4) is 0 Å². The molecule has 0 aliphatic carbocycles. The van der Waals surface area contributed by atoms with E-state index in [1.165, 1.54) is 0 Å². The Morgan fingerprint density at radius 3 is 1.30 bits per heavy atom. The van der Waals surface area contributed by atoms with Crippen molar-refractivity contribution in [2.45, 2.75) is 6.92 Å². The molecule has 0 saturated heterocycles. The molecule has 0 rings (SSSR count). The number of carboxylic acid groups (broad SMARTS) is 1. The predicted molar refractivity (Wildman–Crippen MR) is 21.0 cm³/mol. The third-order valence-electron chi connectivity index (χ3n) is 0. The van der Waals surface area contributed by atoms with Crippen LogP contribution in [-0.2, 0) is 4.79 Å². The van der Waals surface area contributed by atoms with Crippen molar-refractivity contribution >= 4 is 5.97 Å². The molecule has 0 aliphatic rings. The van der Waals surface area contributed by atoms with Crippen molar-refractivity contribution in [2.75, 3.05) is 0 Å². The van der Waals surface area contributed by atoms with E-state index < -0.39 is 11.1 Å². The fourth-order valence-corrected chi connectivity index (χ4v) is 0. The van der Waals surface area contributed by atoms with E-state index in [1.807, 2.05) is 0 Å². The van der Waals surface area contributed by atoms with Gasteiger partial charge in [0.05, 0.1) is 5.09 Å². The molecule has 56 valence electrons.